The molecular formula is C14H19N3O3. The van der Waals surface area contributed by atoms with Crippen molar-refractivity contribution < 1.29 is 14.7 Å². The molecule has 0 aliphatic heterocycles. The number of nitrogens with two attached hydrogens (primary N) is 1. The van der Waals surface area contributed by atoms with Crippen molar-refractivity contribution in [3.8, 4) is 0 Å². The molecule has 0 radical (unpaired) electrons. The van der Waals surface area contributed by atoms with Crippen molar-refractivity contribution in [1.82, 2.24) is 5.32 Å². The summed E-state index contributed by atoms with van der Waals surface area (Å²) in [5, 5.41) is 13.9. The standard InChI is InChI=1S/C14H19N3O3/c15-14(6-1-7-14)13(20)17-11-4-2-10(3-5-11)12(19)16-8-9-18/h2-5,18H,1,6-9,15H2,(H,16,19)(H,17,20). The number of aliphatic hydroxyl groups is 1. The summed E-state index contributed by atoms with van der Waals surface area (Å²) >= 11 is 0. The van der Waals surface area contributed by atoms with Crippen LogP contribution in [0.15, 0.2) is 24.3 Å². The highest BCUT2D eigenvalue weighted by Crippen LogP contribution is 2.30. The maximum absolute atomic E-state index is 11.9. The summed E-state index contributed by atoms with van der Waals surface area (Å²) in [6, 6.07) is 6.56. The second-order valence-electron chi connectivity index (χ2n) is 5.02. The predicted octanol–water partition coefficient (Wildman–Crippen LogP) is 0.229. The average Bonchev–Trinajstić information content (AvgIpc) is 2.42. The van der Waals surface area contributed by atoms with E-state index in [4.69, 9.17) is 10.8 Å². The Morgan fingerprint density at radius 2 is 1.90 bits per heavy atom. The Morgan fingerprint density at radius 3 is 2.40 bits per heavy atom. The van der Waals surface area contributed by atoms with E-state index in [0.717, 1.165) is 6.42 Å². The molecule has 2 amide bonds. The lowest BCUT2D eigenvalue weighted by atomic mass is 9.77. The molecular weight excluding hydrogens is 258 g/mol. The molecule has 1 aliphatic rings. The van der Waals surface area contributed by atoms with Crippen molar-refractivity contribution in [2.24, 2.45) is 5.73 Å². The Kier molecular flexibility index (Phi) is 4.36. The van der Waals surface area contributed by atoms with Gasteiger partial charge in [-0.25, -0.2) is 0 Å². The number of hydrogen-bond donors (Lipinski definition) is 4. The summed E-state index contributed by atoms with van der Waals surface area (Å²) in [7, 11) is 0. The van der Waals surface area contributed by atoms with Crippen molar-refractivity contribution in [3.63, 3.8) is 0 Å². The Balaban J connectivity index is 1.94. The minimum atomic E-state index is -0.739. The molecule has 20 heavy (non-hydrogen) atoms. The van der Waals surface area contributed by atoms with E-state index in [1.54, 1.807) is 24.3 Å². The third-order valence-corrected chi connectivity index (χ3v) is 3.50. The van der Waals surface area contributed by atoms with Crippen LogP contribution in [0, 0.1) is 0 Å². The van der Waals surface area contributed by atoms with Crippen molar-refractivity contribution in [2.75, 3.05) is 18.5 Å². The van der Waals surface area contributed by atoms with Gasteiger partial charge in [0.1, 0.15) is 0 Å². The molecule has 0 aromatic heterocycles. The van der Waals surface area contributed by atoms with Gasteiger partial charge in [-0.1, -0.05) is 0 Å². The number of amides is 2. The lowest BCUT2D eigenvalue weighted by Gasteiger charge is -2.36. The number of carbonyl (C=O) groups is 2. The zero-order valence-electron chi connectivity index (χ0n) is 11.2. The van der Waals surface area contributed by atoms with Crippen LogP contribution in [-0.2, 0) is 4.79 Å². The maximum Gasteiger partial charge on any atom is 0.251 e. The summed E-state index contributed by atoms with van der Waals surface area (Å²) in [5.74, 6) is -0.438. The number of benzene rings is 1. The van der Waals surface area contributed by atoms with E-state index in [0.29, 0.717) is 24.1 Å². The molecule has 1 aromatic carbocycles. The molecule has 6 nitrogen and oxygen atoms in total. The highest BCUT2D eigenvalue weighted by Gasteiger charge is 2.40. The molecule has 108 valence electrons. The second kappa shape index (κ2) is 6.02. The lowest BCUT2D eigenvalue weighted by molar-refractivity contribution is -0.123. The van der Waals surface area contributed by atoms with Gasteiger partial charge in [0.15, 0.2) is 0 Å². The number of hydrogen-bond acceptors (Lipinski definition) is 4. The molecule has 0 saturated heterocycles. The SMILES string of the molecule is NC1(C(=O)Nc2ccc(C(=O)NCCO)cc2)CCC1. The van der Waals surface area contributed by atoms with Gasteiger partial charge < -0.3 is 21.5 Å². The van der Waals surface area contributed by atoms with Crippen LogP contribution in [0.1, 0.15) is 29.6 Å². The topological polar surface area (TPSA) is 104 Å². The first-order chi connectivity index (χ1) is 9.55. The van der Waals surface area contributed by atoms with Crippen LogP contribution in [0.2, 0.25) is 0 Å². The van der Waals surface area contributed by atoms with Crippen LogP contribution in [0.4, 0.5) is 5.69 Å². The molecule has 0 bridgehead atoms. The zero-order valence-corrected chi connectivity index (χ0v) is 11.2. The first-order valence-corrected chi connectivity index (χ1v) is 6.65. The Bertz CT molecular complexity index is 495. The smallest absolute Gasteiger partial charge is 0.251 e. The Hall–Kier alpha value is -1.92. The molecule has 0 atom stereocenters. The molecule has 0 spiro atoms. The van der Waals surface area contributed by atoms with E-state index >= 15 is 0 Å². The third-order valence-electron chi connectivity index (χ3n) is 3.50. The zero-order chi connectivity index (χ0) is 14.6. The second-order valence-corrected chi connectivity index (χ2v) is 5.02. The number of rotatable bonds is 5. The van der Waals surface area contributed by atoms with Gasteiger partial charge in [-0.05, 0) is 43.5 Å². The molecule has 6 heteroatoms. The largest absolute Gasteiger partial charge is 0.395 e. The van der Waals surface area contributed by atoms with Crippen LogP contribution in [0.3, 0.4) is 0 Å². The van der Waals surface area contributed by atoms with Crippen molar-refractivity contribution in [3.05, 3.63) is 29.8 Å². The van der Waals surface area contributed by atoms with Gasteiger partial charge in [0.2, 0.25) is 5.91 Å². The molecule has 1 aliphatic carbocycles. The van der Waals surface area contributed by atoms with E-state index < -0.39 is 5.54 Å². The summed E-state index contributed by atoms with van der Waals surface area (Å²) < 4.78 is 0. The van der Waals surface area contributed by atoms with Gasteiger partial charge in [0.25, 0.3) is 5.91 Å². The van der Waals surface area contributed by atoms with Crippen LogP contribution in [0.5, 0.6) is 0 Å². The molecule has 2 rings (SSSR count). The summed E-state index contributed by atoms with van der Waals surface area (Å²) in [5.41, 5.74) is 6.28. The van der Waals surface area contributed by atoms with Crippen LogP contribution >= 0.6 is 0 Å². The van der Waals surface area contributed by atoms with Crippen molar-refractivity contribution >= 4 is 17.5 Å². The van der Waals surface area contributed by atoms with E-state index in [-0.39, 0.29) is 25.0 Å². The Morgan fingerprint density at radius 1 is 1.25 bits per heavy atom. The minimum absolute atomic E-state index is 0.0987. The van der Waals surface area contributed by atoms with Crippen molar-refractivity contribution in [2.45, 2.75) is 24.8 Å². The van der Waals surface area contributed by atoms with Gasteiger partial charge in [0, 0.05) is 17.8 Å². The fraction of sp³-hybridized carbons (Fsp3) is 0.429. The summed E-state index contributed by atoms with van der Waals surface area (Å²) in [6.07, 6.45) is 2.40. The highest BCUT2D eigenvalue weighted by atomic mass is 16.3. The normalized spacial score (nSPS) is 16.1. The number of anilines is 1. The fourth-order valence-corrected chi connectivity index (χ4v) is 2.02. The molecule has 0 unspecified atom stereocenters. The van der Waals surface area contributed by atoms with E-state index in [1.165, 1.54) is 0 Å². The lowest BCUT2D eigenvalue weighted by Crippen LogP contribution is -2.56. The Labute approximate surface area is 117 Å². The summed E-state index contributed by atoms with van der Waals surface area (Å²) in [6.45, 7) is 0.117. The first-order valence-electron chi connectivity index (χ1n) is 6.65. The van der Waals surface area contributed by atoms with Gasteiger partial charge in [-0.3, -0.25) is 9.59 Å². The highest BCUT2D eigenvalue weighted by molar-refractivity contribution is 5.99. The molecule has 5 N–H and O–H groups in total. The number of aliphatic hydroxyl groups excluding tert-OH is 1. The van der Waals surface area contributed by atoms with Gasteiger partial charge in [-0.2, -0.15) is 0 Å². The monoisotopic (exact) mass is 277 g/mol. The van der Waals surface area contributed by atoms with Gasteiger partial charge in [0.05, 0.1) is 12.1 Å². The number of nitrogens with one attached hydrogen (secondary N) is 2. The van der Waals surface area contributed by atoms with Crippen LogP contribution < -0.4 is 16.4 Å². The molecule has 0 heterocycles. The summed E-state index contributed by atoms with van der Waals surface area (Å²) in [4.78, 5) is 23.6. The molecule has 1 aromatic rings. The maximum atomic E-state index is 11.9. The molecule has 1 saturated carbocycles. The van der Waals surface area contributed by atoms with E-state index in [9.17, 15) is 9.59 Å². The fourth-order valence-electron chi connectivity index (χ4n) is 2.02. The van der Waals surface area contributed by atoms with Crippen LogP contribution in [0.25, 0.3) is 0 Å². The first kappa shape index (κ1) is 14.5. The van der Waals surface area contributed by atoms with E-state index in [1.807, 2.05) is 0 Å². The third kappa shape index (κ3) is 3.15. The predicted molar refractivity (Wildman–Crippen MR) is 75.3 cm³/mol. The van der Waals surface area contributed by atoms with Gasteiger partial charge >= 0.3 is 0 Å². The minimum Gasteiger partial charge on any atom is -0.395 e. The number of carbonyl (C=O) groups excluding carboxylic acids is 2. The van der Waals surface area contributed by atoms with Gasteiger partial charge in [-0.15, -0.1) is 0 Å². The average molecular weight is 277 g/mol. The van der Waals surface area contributed by atoms with Crippen LogP contribution in [-0.4, -0.2) is 35.6 Å². The molecule has 1 fully saturated rings. The van der Waals surface area contributed by atoms with Crippen molar-refractivity contribution in [1.29, 1.82) is 0 Å². The quantitative estimate of drug-likeness (QED) is 0.618. The van der Waals surface area contributed by atoms with E-state index in [2.05, 4.69) is 10.6 Å².